The summed E-state index contributed by atoms with van der Waals surface area (Å²) < 4.78 is 69.1. The molecule has 1 aliphatic rings. The number of thiophene rings is 1. The quantitative estimate of drug-likeness (QED) is 0.330. The van der Waals surface area contributed by atoms with Gasteiger partial charge in [0.2, 0.25) is 10.0 Å². The molecular weight excluding hydrogens is 651 g/mol. The fourth-order valence-corrected chi connectivity index (χ4v) is 8.44. The van der Waals surface area contributed by atoms with Gasteiger partial charge in [0.05, 0.1) is 35.3 Å². The van der Waals surface area contributed by atoms with E-state index in [2.05, 4.69) is 4.72 Å². The van der Waals surface area contributed by atoms with Gasteiger partial charge < -0.3 is 19.5 Å². The number of carbonyl (C=O) groups excluding carboxylic acids is 1. The molecule has 1 aliphatic heterocycles. The zero-order chi connectivity index (χ0) is 33.5. The van der Waals surface area contributed by atoms with Gasteiger partial charge in [0.1, 0.15) is 9.96 Å². The van der Waals surface area contributed by atoms with Crippen molar-refractivity contribution in [2.75, 3.05) is 38.1 Å². The molecule has 0 bridgehead atoms. The first-order valence-electron chi connectivity index (χ1n) is 15.2. The molecule has 0 saturated heterocycles. The third kappa shape index (κ3) is 8.87. The van der Waals surface area contributed by atoms with Gasteiger partial charge in [-0.3, -0.25) is 9.52 Å². The van der Waals surface area contributed by atoms with Crippen LogP contribution >= 0.6 is 11.3 Å². The predicted molar refractivity (Wildman–Crippen MR) is 178 cm³/mol. The maximum Gasteiger partial charge on any atom is 0.271 e. The molecule has 11 nitrogen and oxygen atoms in total. The van der Waals surface area contributed by atoms with Crippen LogP contribution in [-0.4, -0.2) is 88.7 Å². The SMILES string of the molecule is C[C@H](CO)N1C[C@H](C)[C@H](CN(C)S(=O)(=O)c2ccccc2)OCCCC[C@H](C)Oc2ccc(NS(=O)(=O)c3cccs3)cc2C1=O. The lowest BCUT2D eigenvalue weighted by Gasteiger charge is -2.35. The van der Waals surface area contributed by atoms with E-state index in [4.69, 9.17) is 9.47 Å². The van der Waals surface area contributed by atoms with Gasteiger partial charge in [-0.2, -0.15) is 4.31 Å². The number of sulfonamides is 2. The minimum atomic E-state index is -3.88. The standard InChI is InChI=1S/C32H43N3O8S3/c1-23-20-35(24(2)22-36)32(37)28-19-26(33-45(38,39)31-14-10-18-44-31)15-16-29(28)43-25(3)11-8-9-17-42-30(23)21-34(4)46(40,41)27-12-6-5-7-13-27/h5-7,10,12-16,18-19,23-25,30,33,36H,8-9,11,17,20-22H2,1-4H3/t23-,24+,25-,30-/m0/s1. The Hall–Kier alpha value is -3.01. The Labute approximate surface area is 276 Å². The Bertz CT molecular complexity index is 1650. The molecule has 1 amide bonds. The van der Waals surface area contributed by atoms with Gasteiger partial charge in [0.25, 0.3) is 15.9 Å². The highest BCUT2D eigenvalue weighted by Crippen LogP contribution is 2.30. The number of carbonyl (C=O) groups is 1. The van der Waals surface area contributed by atoms with E-state index < -0.39 is 38.1 Å². The van der Waals surface area contributed by atoms with Gasteiger partial charge in [-0.25, -0.2) is 16.8 Å². The molecular formula is C32H43N3O8S3. The molecule has 2 aromatic carbocycles. The Morgan fingerprint density at radius 3 is 2.48 bits per heavy atom. The smallest absolute Gasteiger partial charge is 0.271 e. The maximum atomic E-state index is 14.3. The Morgan fingerprint density at radius 2 is 1.80 bits per heavy atom. The molecule has 4 atom stereocenters. The number of hydrogen-bond donors (Lipinski definition) is 2. The number of fused-ring (bicyclic) bond motifs is 1. The summed E-state index contributed by atoms with van der Waals surface area (Å²) in [5, 5.41) is 11.8. The van der Waals surface area contributed by atoms with Crippen molar-refractivity contribution in [3.05, 3.63) is 71.6 Å². The summed E-state index contributed by atoms with van der Waals surface area (Å²) in [4.78, 5) is 16.0. The van der Waals surface area contributed by atoms with Crippen LogP contribution in [0.5, 0.6) is 5.75 Å². The summed E-state index contributed by atoms with van der Waals surface area (Å²) in [5.74, 6) is -0.509. The van der Waals surface area contributed by atoms with Crippen LogP contribution in [0.4, 0.5) is 5.69 Å². The van der Waals surface area contributed by atoms with Crippen molar-refractivity contribution in [3.63, 3.8) is 0 Å². The first-order chi connectivity index (χ1) is 21.8. The Kier molecular flexibility index (Phi) is 12.2. The second-order valence-corrected chi connectivity index (χ2v) is 16.5. The van der Waals surface area contributed by atoms with E-state index in [-0.39, 0.29) is 52.1 Å². The van der Waals surface area contributed by atoms with E-state index in [1.54, 1.807) is 60.8 Å². The molecule has 0 fully saturated rings. The number of aliphatic hydroxyl groups excluding tert-OH is 1. The number of aliphatic hydroxyl groups is 1. The second kappa shape index (κ2) is 15.7. The van der Waals surface area contributed by atoms with E-state index in [9.17, 15) is 26.7 Å². The van der Waals surface area contributed by atoms with Gasteiger partial charge in [-0.05, 0) is 74.9 Å². The average Bonchev–Trinajstić information content (AvgIpc) is 3.59. The lowest BCUT2D eigenvalue weighted by atomic mass is 10.0. The Balaban J connectivity index is 1.67. The maximum absolute atomic E-state index is 14.3. The fourth-order valence-electron chi connectivity index (χ4n) is 5.19. The third-order valence-electron chi connectivity index (χ3n) is 7.95. The van der Waals surface area contributed by atoms with Crippen LogP contribution in [0, 0.1) is 5.92 Å². The molecule has 0 saturated carbocycles. The van der Waals surface area contributed by atoms with E-state index in [0.29, 0.717) is 18.8 Å². The molecule has 0 radical (unpaired) electrons. The first-order valence-corrected chi connectivity index (χ1v) is 19.1. The lowest BCUT2D eigenvalue weighted by molar-refractivity contribution is -0.00833. The minimum absolute atomic E-state index is 0.0542. The van der Waals surface area contributed by atoms with Crippen molar-refractivity contribution >= 4 is 43.0 Å². The number of likely N-dealkylation sites (N-methyl/N-ethyl adjacent to an activating group) is 1. The Morgan fingerprint density at radius 1 is 1.07 bits per heavy atom. The highest BCUT2D eigenvalue weighted by molar-refractivity contribution is 7.94. The highest BCUT2D eigenvalue weighted by Gasteiger charge is 2.32. The molecule has 14 heteroatoms. The summed E-state index contributed by atoms with van der Waals surface area (Å²) in [5.41, 5.74) is 0.334. The van der Waals surface area contributed by atoms with Crippen molar-refractivity contribution in [2.24, 2.45) is 5.92 Å². The van der Waals surface area contributed by atoms with Gasteiger partial charge >= 0.3 is 0 Å². The van der Waals surface area contributed by atoms with Gasteiger partial charge in [0.15, 0.2) is 0 Å². The normalized spacial score (nSPS) is 21.2. The van der Waals surface area contributed by atoms with Crippen molar-refractivity contribution in [2.45, 2.75) is 67.4 Å². The number of rotatable bonds is 9. The van der Waals surface area contributed by atoms with E-state index in [0.717, 1.165) is 24.2 Å². The van der Waals surface area contributed by atoms with Gasteiger partial charge in [-0.1, -0.05) is 31.2 Å². The minimum Gasteiger partial charge on any atom is -0.490 e. The second-order valence-electron chi connectivity index (χ2n) is 11.6. The van der Waals surface area contributed by atoms with E-state index >= 15 is 0 Å². The van der Waals surface area contributed by atoms with Crippen LogP contribution in [0.2, 0.25) is 0 Å². The van der Waals surface area contributed by atoms with Crippen molar-refractivity contribution in [1.82, 2.24) is 9.21 Å². The summed E-state index contributed by atoms with van der Waals surface area (Å²) in [6.07, 6.45) is 1.34. The van der Waals surface area contributed by atoms with Crippen molar-refractivity contribution in [1.29, 1.82) is 0 Å². The number of ether oxygens (including phenoxy) is 2. The highest BCUT2D eigenvalue weighted by atomic mass is 32.2. The van der Waals surface area contributed by atoms with Crippen LogP contribution in [0.15, 0.2) is 75.1 Å². The third-order valence-corrected chi connectivity index (χ3v) is 12.6. The number of amides is 1. The zero-order valence-electron chi connectivity index (χ0n) is 26.5. The van der Waals surface area contributed by atoms with Crippen molar-refractivity contribution < 1.29 is 36.2 Å². The van der Waals surface area contributed by atoms with Crippen LogP contribution in [-0.2, 0) is 24.8 Å². The number of nitrogens with zero attached hydrogens (tertiary/aromatic N) is 2. The number of benzene rings is 2. The molecule has 46 heavy (non-hydrogen) atoms. The number of anilines is 1. The van der Waals surface area contributed by atoms with Crippen LogP contribution in [0.3, 0.4) is 0 Å². The monoisotopic (exact) mass is 693 g/mol. The molecule has 2 heterocycles. The molecule has 4 rings (SSSR count). The summed E-state index contributed by atoms with van der Waals surface area (Å²) in [7, 11) is -6.16. The lowest BCUT2D eigenvalue weighted by Crippen LogP contribution is -2.48. The number of nitrogens with one attached hydrogen (secondary N) is 1. The average molecular weight is 694 g/mol. The van der Waals surface area contributed by atoms with Crippen LogP contribution in [0.25, 0.3) is 0 Å². The molecule has 0 unspecified atom stereocenters. The predicted octanol–water partition coefficient (Wildman–Crippen LogP) is 4.67. The molecule has 0 aliphatic carbocycles. The van der Waals surface area contributed by atoms with E-state index in [1.807, 2.05) is 13.8 Å². The van der Waals surface area contributed by atoms with Crippen LogP contribution < -0.4 is 9.46 Å². The summed E-state index contributed by atoms with van der Waals surface area (Å²) in [6, 6.07) is 15.3. The number of hydrogen-bond acceptors (Lipinski definition) is 9. The van der Waals surface area contributed by atoms with Gasteiger partial charge in [-0.15, -0.1) is 11.3 Å². The van der Waals surface area contributed by atoms with Gasteiger partial charge in [0, 0.05) is 38.3 Å². The first kappa shape index (κ1) is 35.8. The largest absolute Gasteiger partial charge is 0.490 e. The van der Waals surface area contributed by atoms with Crippen molar-refractivity contribution in [3.8, 4) is 5.75 Å². The molecule has 0 spiro atoms. The van der Waals surface area contributed by atoms with Crippen LogP contribution in [0.1, 0.15) is 50.4 Å². The molecule has 1 aromatic heterocycles. The molecule has 3 aromatic rings. The summed E-state index contributed by atoms with van der Waals surface area (Å²) >= 11 is 1.08. The molecule has 2 N–H and O–H groups in total. The van der Waals surface area contributed by atoms with E-state index in [1.165, 1.54) is 28.4 Å². The molecule has 252 valence electrons. The summed E-state index contributed by atoms with van der Waals surface area (Å²) in [6.45, 7) is 5.75. The zero-order valence-corrected chi connectivity index (χ0v) is 29.0. The fraction of sp³-hybridized carbons (Fsp3) is 0.469. The topological polar surface area (TPSA) is 143 Å².